The highest BCUT2D eigenvalue weighted by Crippen LogP contribution is 2.19. The topological polar surface area (TPSA) is 57.2 Å². The lowest BCUT2D eigenvalue weighted by Gasteiger charge is -2.20. The van der Waals surface area contributed by atoms with Gasteiger partial charge in [0, 0.05) is 12.7 Å². The van der Waals surface area contributed by atoms with Gasteiger partial charge < -0.3 is 15.0 Å². The first-order chi connectivity index (χ1) is 6.38. The molecule has 14 heavy (non-hydrogen) atoms. The van der Waals surface area contributed by atoms with Gasteiger partial charge in [-0.3, -0.25) is 0 Å². The maximum atomic E-state index is 11.3. The molecule has 4 nitrogen and oxygen atoms in total. The first-order valence-electron chi connectivity index (χ1n) is 4.41. The summed E-state index contributed by atoms with van der Waals surface area (Å²) in [6.07, 6.45) is 0. The van der Waals surface area contributed by atoms with Gasteiger partial charge in [-0.05, 0) is 26.0 Å². The van der Waals surface area contributed by atoms with Crippen molar-refractivity contribution in [3.05, 3.63) is 23.5 Å². The van der Waals surface area contributed by atoms with E-state index >= 15 is 0 Å². The zero-order chi connectivity index (χ0) is 10.9. The summed E-state index contributed by atoms with van der Waals surface area (Å²) < 4.78 is 6.40. The Morgan fingerprint density at radius 3 is 2.43 bits per heavy atom. The van der Waals surface area contributed by atoms with E-state index in [1.54, 1.807) is 17.7 Å². The quantitative estimate of drug-likeness (QED) is 0.718. The number of rotatable bonds is 2. The molecule has 0 atom stereocenters. The number of methoxy groups -OCH3 is 1. The van der Waals surface area contributed by atoms with E-state index < -0.39 is 5.54 Å². The third-order valence-corrected chi connectivity index (χ3v) is 2.18. The Hall–Kier alpha value is -1.29. The number of hydrogen-bond donors (Lipinski definition) is 1. The molecule has 1 aromatic rings. The standard InChI is InChI=1S/C10H16N2O2/c1-10(2,11)8-6-5-7(12(8)3)9(13)14-4/h5-6H,11H2,1-4H3. The Balaban J connectivity index is 3.15. The van der Waals surface area contributed by atoms with Crippen molar-refractivity contribution in [1.82, 2.24) is 4.57 Å². The Morgan fingerprint density at radius 2 is 2.07 bits per heavy atom. The summed E-state index contributed by atoms with van der Waals surface area (Å²) in [6.45, 7) is 3.78. The monoisotopic (exact) mass is 196 g/mol. The maximum Gasteiger partial charge on any atom is 0.354 e. The highest BCUT2D eigenvalue weighted by atomic mass is 16.5. The summed E-state index contributed by atoms with van der Waals surface area (Å²) in [5.74, 6) is -0.344. The second kappa shape index (κ2) is 3.46. The van der Waals surface area contributed by atoms with Crippen molar-refractivity contribution in [1.29, 1.82) is 0 Å². The van der Waals surface area contributed by atoms with E-state index in [-0.39, 0.29) is 5.97 Å². The minimum Gasteiger partial charge on any atom is -0.464 e. The second-order valence-electron chi connectivity index (χ2n) is 3.88. The van der Waals surface area contributed by atoms with Crippen LogP contribution in [0.5, 0.6) is 0 Å². The second-order valence-corrected chi connectivity index (χ2v) is 3.88. The maximum absolute atomic E-state index is 11.3. The van der Waals surface area contributed by atoms with Gasteiger partial charge in [-0.25, -0.2) is 4.79 Å². The van der Waals surface area contributed by atoms with Crippen LogP contribution in [0.15, 0.2) is 12.1 Å². The number of esters is 1. The Labute approximate surface area is 83.7 Å². The van der Waals surface area contributed by atoms with Gasteiger partial charge >= 0.3 is 5.97 Å². The fourth-order valence-electron chi connectivity index (χ4n) is 1.47. The molecule has 78 valence electrons. The summed E-state index contributed by atoms with van der Waals surface area (Å²) in [7, 11) is 3.17. The zero-order valence-electron chi connectivity index (χ0n) is 9.00. The molecular formula is C10H16N2O2. The van der Waals surface area contributed by atoms with Crippen LogP contribution in [0.4, 0.5) is 0 Å². The lowest BCUT2D eigenvalue weighted by Crippen LogP contribution is -2.31. The zero-order valence-corrected chi connectivity index (χ0v) is 9.00. The van der Waals surface area contributed by atoms with Crippen LogP contribution in [0.2, 0.25) is 0 Å². The number of carbonyl (C=O) groups excluding carboxylic acids is 1. The summed E-state index contributed by atoms with van der Waals surface area (Å²) in [6, 6.07) is 3.56. The van der Waals surface area contributed by atoms with Crippen molar-refractivity contribution in [2.45, 2.75) is 19.4 Å². The van der Waals surface area contributed by atoms with Crippen molar-refractivity contribution in [3.8, 4) is 0 Å². The molecule has 1 rings (SSSR count). The predicted octanol–water partition coefficient (Wildman–Crippen LogP) is 1.01. The van der Waals surface area contributed by atoms with Crippen molar-refractivity contribution in [2.75, 3.05) is 7.11 Å². The van der Waals surface area contributed by atoms with Gasteiger partial charge in [0.05, 0.1) is 12.6 Å². The molecule has 0 fully saturated rings. The van der Waals surface area contributed by atoms with Gasteiger partial charge in [-0.1, -0.05) is 0 Å². The molecule has 2 N–H and O–H groups in total. The van der Waals surface area contributed by atoms with E-state index in [9.17, 15) is 4.79 Å². The molecule has 0 radical (unpaired) electrons. The molecule has 0 aliphatic carbocycles. The summed E-state index contributed by atoms with van der Waals surface area (Å²) >= 11 is 0. The largest absolute Gasteiger partial charge is 0.464 e. The van der Waals surface area contributed by atoms with E-state index in [2.05, 4.69) is 4.74 Å². The van der Waals surface area contributed by atoms with Crippen LogP contribution in [0.3, 0.4) is 0 Å². The molecule has 0 aromatic carbocycles. The molecule has 0 saturated heterocycles. The lowest BCUT2D eigenvalue weighted by atomic mass is 10.0. The van der Waals surface area contributed by atoms with Gasteiger partial charge in [0.15, 0.2) is 0 Å². The normalized spacial score (nSPS) is 11.5. The van der Waals surface area contributed by atoms with E-state index in [1.165, 1.54) is 7.11 Å². The van der Waals surface area contributed by atoms with E-state index in [0.717, 1.165) is 5.69 Å². The van der Waals surface area contributed by atoms with Crippen molar-refractivity contribution < 1.29 is 9.53 Å². The van der Waals surface area contributed by atoms with Crippen LogP contribution in [0, 0.1) is 0 Å². The molecule has 0 aliphatic heterocycles. The third-order valence-electron chi connectivity index (χ3n) is 2.18. The minimum absolute atomic E-state index is 0.344. The first-order valence-corrected chi connectivity index (χ1v) is 4.41. The minimum atomic E-state index is -0.457. The Bertz CT molecular complexity index is 347. The molecule has 0 unspecified atom stereocenters. The van der Waals surface area contributed by atoms with Gasteiger partial charge in [0.25, 0.3) is 0 Å². The van der Waals surface area contributed by atoms with Crippen LogP contribution in [0.1, 0.15) is 30.0 Å². The van der Waals surface area contributed by atoms with Gasteiger partial charge in [-0.2, -0.15) is 0 Å². The van der Waals surface area contributed by atoms with E-state index in [4.69, 9.17) is 5.73 Å². The Kier molecular flexibility index (Phi) is 2.66. The molecule has 1 heterocycles. The van der Waals surface area contributed by atoms with Crippen molar-refractivity contribution in [3.63, 3.8) is 0 Å². The summed E-state index contributed by atoms with van der Waals surface area (Å²) in [5, 5.41) is 0. The van der Waals surface area contributed by atoms with Crippen LogP contribution in [0.25, 0.3) is 0 Å². The summed E-state index contributed by atoms with van der Waals surface area (Å²) in [4.78, 5) is 11.3. The van der Waals surface area contributed by atoms with Crippen molar-refractivity contribution in [2.24, 2.45) is 12.8 Å². The third kappa shape index (κ3) is 1.80. The fraction of sp³-hybridized carbons (Fsp3) is 0.500. The number of aromatic nitrogens is 1. The van der Waals surface area contributed by atoms with Gasteiger partial charge in [0.1, 0.15) is 5.69 Å². The Morgan fingerprint density at radius 1 is 1.50 bits per heavy atom. The molecule has 4 heteroatoms. The molecule has 0 saturated carbocycles. The average molecular weight is 196 g/mol. The van der Waals surface area contributed by atoms with E-state index in [0.29, 0.717) is 5.69 Å². The molecule has 0 spiro atoms. The smallest absolute Gasteiger partial charge is 0.354 e. The predicted molar refractivity (Wildman–Crippen MR) is 54.0 cm³/mol. The highest BCUT2D eigenvalue weighted by Gasteiger charge is 2.21. The number of nitrogens with two attached hydrogens (primary N) is 1. The number of hydrogen-bond acceptors (Lipinski definition) is 3. The molecule has 1 aromatic heterocycles. The SMILES string of the molecule is COC(=O)c1ccc(C(C)(C)N)n1C. The molecule has 0 bridgehead atoms. The van der Waals surface area contributed by atoms with Crippen molar-refractivity contribution >= 4 is 5.97 Å². The van der Waals surface area contributed by atoms with Gasteiger partial charge in [-0.15, -0.1) is 0 Å². The number of ether oxygens (including phenoxy) is 1. The fourth-order valence-corrected chi connectivity index (χ4v) is 1.47. The molecular weight excluding hydrogens is 180 g/mol. The van der Waals surface area contributed by atoms with Crippen LogP contribution in [-0.2, 0) is 17.3 Å². The van der Waals surface area contributed by atoms with Gasteiger partial charge in [0.2, 0.25) is 0 Å². The average Bonchev–Trinajstić information content (AvgIpc) is 2.45. The highest BCUT2D eigenvalue weighted by molar-refractivity contribution is 5.87. The first kappa shape index (κ1) is 10.8. The number of nitrogens with zero attached hydrogens (tertiary/aromatic N) is 1. The van der Waals surface area contributed by atoms with Crippen LogP contribution >= 0.6 is 0 Å². The van der Waals surface area contributed by atoms with Crippen LogP contribution < -0.4 is 5.73 Å². The van der Waals surface area contributed by atoms with E-state index in [1.807, 2.05) is 19.9 Å². The number of carbonyl (C=O) groups is 1. The van der Waals surface area contributed by atoms with Crippen LogP contribution in [-0.4, -0.2) is 17.6 Å². The molecule has 0 aliphatic rings. The summed E-state index contributed by atoms with van der Waals surface area (Å²) in [5.41, 5.74) is 6.90. The lowest BCUT2D eigenvalue weighted by molar-refractivity contribution is 0.0589. The molecule has 0 amide bonds.